The number of hydrogen-bond donors (Lipinski definition) is 1. The maximum atomic E-state index is 5.88. The van der Waals surface area contributed by atoms with Crippen LogP contribution in [0.5, 0.6) is 0 Å². The van der Waals surface area contributed by atoms with Gasteiger partial charge in [0.05, 0.1) is 12.7 Å². The van der Waals surface area contributed by atoms with Crippen LogP contribution in [0.3, 0.4) is 0 Å². The smallest absolute Gasteiger partial charge is 0.0827 e. The molecule has 1 fully saturated rings. The van der Waals surface area contributed by atoms with E-state index in [2.05, 4.69) is 50.9 Å². The number of thiophene rings is 1. The summed E-state index contributed by atoms with van der Waals surface area (Å²) < 4.78 is 5.88. The molecule has 20 heavy (non-hydrogen) atoms. The first-order valence-corrected chi connectivity index (χ1v) is 8.45. The molecule has 0 aliphatic carbocycles. The van der Waals surface area contributed by atoms with Crippen LogP contribution in [0, 0.1) is 13.8 Å². The Morgan fingerprint density at radius 2 is 2.15 bits per heavy atom. The Kier molecular flexibility index (Phi) is 5.61. The Hall–Kier alpha value is -0.420. The normalized spacial score (nSPS) is 22.4. The van der Waals surface area contributed by atoms with E-state index in [-0.39, 0.29) is 0 Å². The average molecular weight is 296 g/mol. The summed E-state index contributed by atoms with van der Waals surface area (Å²) in [6, 6.07) is 3.32. The van der Waals surface area contributed by atoms with E-state index in [1.54, 1.807) is 0 Å². The van der Waals surface area contributed by atoms with Gasteiger partial charge in [-0.3, -0.25) is 4.90 Å². The zero-order valence-electron chi connectivity index (χ0n) is 13.4. The number of nitrogens with zero attached hydrogens (tertiary/aromatic N) is 1. The third kappa shape index (κ3) is 4.04. The van der Waals surface area contributed by atoms with Gasteiger partial charge in [0, 0.05) is 41.5 Å². The first kappa shape index (κ1) is 16.0. The summed E-state index contributed by atoms with van der Waals surface area (Å²) in [5.41, 5.74) is 1.43. The highest BCUT2D eigenvalue weighted by atomic mass is 32.1. The van der Waals surface area contributed by atoms with E-state index in [4.69, 9.17) is 4.74 Å². The Labute approximate surface area is 127 Å². The molecule has 3 nitrogen and oxygen atoms in total. The first-order valence-electron chi connectivity index (χ1n) is 7.63. The molecule has 2 rings (SSSR count). The number of nitrogens with one attached hydrogen (secondary N) is 1. The highest BCUT2D eigenvalue weighted by Crippen LogP contribution is 2.26. The van der Waals surface area contributed by atoms with Crippen molar-refractivity contribution in [2.75, 3.05) is 26.2 Å². The van der Waals surface area contributed by atoms with Crippen molar-refractivity contribution in [3.63, 3.8) is 0 Å². The molecule has 1 saturated heterocycles. The molecule has 1 aromatic heterocycles. The van der Waals surface area contributed by atoms with Gasteiger partial charge in [0.15, 0.2) is 0 Å². The van der Waals surface area contributed by atoms with Gasteiger partial charge in [0.25, 0.3) is 0 Å². The molecule has 1 aromatic rings. The average Bonchev–Trinajstić information content (AvgIpc) is 2.75. The number of rotatable bonds is 5. The van der Waals surface area contributed by atoms with Gasteiger partial charge in [-0.25, -0.2) is 0 Å². The van der Waals surface area contributed by atoms with E-state index >= 15 is 0 Å². The Balaban J connectivity index is 1.84. The molecular weight excluding hydrogens is 268 g/mol. The van der Waals surface area contributed by atoms with E-state index in [1.165, 1.54) is 15.3 Å². The molecule has 1 aliphatic rings. The Morgan fingerprint density at radius 1 is 1.40 bits per heavy atom. The molecule has 0 saturated carbocycles. The highest BCUT2D eigenvalue weighted by Gasteiger charge is 2.22. The second kappa shape index (κ2) is 7.03. The van der Waals surface area contributed by atoms with Crippen LogP contribution in [0.15, 0.2) is 6.07 Å². The fourth-order valence-electron chi connectivity index (χ4n) is 2.83. The van der Waals surface area contributed by atoms with Crippen LogP contribution in [0.2, 0.25) is 0 Å². The van der Waals surface area contributed by atoms with Gasteiger partial charge in [-0.05, 0) is 46.2 Å². The fraction of sp³-hybridized carbons (Fsp3) is 0.750. The quantitative estimate of drug-likeness (QED) is 0.903. The molecule has 1 aliphatic heterocycles. The number of morpholine rings is 1. The number of hydrogen-bond acceptors (Lipinski definition) is 4. The SMILES string of the molecule is Cc1cc(C(C)NCC2CN(C(C)C)CCO2)c(C)s1. The molecule has 0 aromatic carbocycles. The van der Waals surface area contributed by atoms with Gasteiger partial charge in [-0.2, -0.15) is 0 Å². The number of ether oxygens (including phenoxy) is 1. The van der Waals surface area contributed by atoms with E-state index in [0.29, 0.717) is 18.2 Å². The van der Waals surface area contributed by atoms with Crippen LogP contribution in [-0.2, 0) is 4.74 Å². The molecule has 0 radical (unpaired) electrons. The maximum Gasteiger partial charge on any atom is 0.0827 e. The second-order valence-electron chi connectivity index (χ2n) is 6.08. The summed E-state index contributed by atoms with van der Waals surface area (Å²) >= 11 is 1.88. The van der Waals surface area contributed by atoms with Crippen molar-refractivity contribution in [2.24, 2.45) is 0 Å². The molecule has 0 spiro atoms. The zero-order chi connectivity index (χ0) is 14.7. The van der Waals surface area contributed by atoms with Gasteiger partial charge < -0.3 is 10.1 Å². The Morgan fingerprint density at radius 3 is 2.75 bits per heavy atom. The minimum absolute atomic E-state index is 0.314. The molecule has 2 heterocycles. The number of aryl methyl sites for hydroxylation is 2. The fourth-order valence-corrected chi connectivity index (χ4v) is 3.86. The van der Waals surface area contributed by atoms with E-state index in [0.717, 1.165) is 26.2 Å². The molecule has 114 valence electrons. The Bertz CT molecular complexity index is 430. The molecule has 1 N–H and O–H groups in total. The van der Waals surface area contributed by atoms with Crippen LogP contribution < -0.4 is 5.32 Å². The lowest BCUT2D eigenvalue weighted by atomic mass is 10.1. The summed E-state index contributed by atoms with van der Waals surface area (Å²) in [5.74, 6) is 0. The molecule has 2 unspecified atom stereocenters. The van der Waals surface area contributed by atoms with Crippen LogP contribution in [-0.4, -0.2) is 43.3 Å². The van der Waals surface area contributed by atoms with Crippen LogP contribution in [0.25, 0.3) is 0 Å². The third-order valence-electron chi connectivity index (χ3n) is 4.10. The van der Waals surface area contributed by atoms with Crippen molar-refractivity contribution in [1.29, 1.82) is 0 Å². The van der Waals surface area contributed by atoms with Gasteiger partial charge in [-0.1, -0.05) is 0 Å². The molecule has 0 bridgehead atoms. The van der Waals surface area contributed by atoms with Crippen molar-refractivity contribution in [1.82, 2.24) is 10.2 Å². The molecular formula is C16H28N2OS. The molecule has 2 atom stereocenters. The summed E-state index contributed by atoms with van der Waals surface area (Å²) in [5, 5.41) is 3.64. The lowest BCUT2D eigenvalue weighted by Crippen LogP contribution is -2.49. The molecule has 4 heteroatoms. The van der Waals surface area contributed by atoms with E-state index < -0.39 is 0 Å². The first-order chi connectivity index (χ1) is 9.47. The lowest BCUT2D eigenvalue weighted by molar-refractivity contribution is -0.0379. The zero-order valence-corrected chi connectivity index (χ0v) is 14.2. The van der Waals surface area contributed by atoms with Crippen molar-refractivity contribution >= 4 is 11.3 Å². The predicted octanol–water partition coefficient (Wildman–Crippen LogP) is 3.12. The van der Waals surface area contributed by atoms with Gasteiger partial charge >= 0.3 is 0 Å². The minimum atomic E-state index is 0.314. The van der Waals surface area contributed by atoms with E-state index in [1.807, 2.05) is 11.3 Å². The summed E-state index contributed by atoms with van der Waals surface area (Å²) in [6.45, 7) is 15.0. The second-order valence-corrected chi connectivity index (χ2v) is 7.54. The third-order valence-corrected chi connectivity index (χ3v) is 5.08. The topological polar surface area (TPSA) is 24.5 Å². The molecule has 0 amide bonds. The monoisotopic (exact) mass is 296 g/mol. The van der Waals surface area contributed by atoms with Gasteiger partial charge in [0.2, 0.25) is 0 Å². The largest absolute Gasteiger partial charge is 0.374 e. The summed E-state index contributed by atoms with van der Waals surface area (Å²) in [7, 11) is 0. The van der Waals surface area contributed by atoms with Crippen molar-refractivity contribution < 1.29 is 4.74 Å². The van der Waals surface area contributed by atoms with E-state index in [9.17, 15) is 0 Å². The van der Waals surface area contributed by atoms with Crippen LogP contribution >= 0.6 is 11.3 Å². The van der Waals surface area contributed by atoms with Crippen molar-refractivity contribution in [3.8, 4) is 0 Å². The van der Waals surface area contributed by atoms with Crippen LogP contribution in [0.1, 0.15) is 42.1 Å². The van der Waals surface area contributed by atoms with Gasteiger partial charge in [-0.15, -0.1) is 11.3 Å². The maximum absolute atomic E-state index is 5.88. The minimum Gasteiger partial charge on any atom is -0.374 e. The summed E-state index contributed by atoms with van der Waals surface area (Å²) in [6.07, 6.45) is 0.314. The predicted molar refractivity (Wildman–Crippen MR) is 86.7 cm³/mol. The van der Waals surface area contributed by atoms with Gasteiger partial charge in [0.1, 0.15) is 0 Å². The van der Waals surface area contributed by atoms with Crippen LogP contribution in [0.4, 0.5) is 0 Å². The van der Waals surface area contributed by atoms with Crippen molar-refractivity contribution in [2.45, 2.75) is 52.8 Å². The summed E-state index contributed by atoms with van der Waals surface area (Å²) in [4.78, 5) is 5.32. The standard InChI is InChI=1S/C16H28N2OS/c1-11(2)18-6-7-19-15(10-18)9-17-13(4)16-8-12(3)20-14(16)5/h8,11,13,15,17H,6-7,9-10H2,1-5H3. The lowest BCUT2D eigenvalue weighted by Gasteiger charge is -2.36. The highest BCUT2D eigenvalue weighted by molar-refractivity contribution is 7.12. The van der Waals surface area contributed by atoms with Crippen molar-refractivity contribution in [3.05, 3.63) is 21.4 Å².